The summed E-state index contributed by atoms with van der Waals surface area (Å²) >= 11 is 0. The summed E-state index contributed by atoms with van der Waals surface area (Å²) in [4.78, 5) is 23.5. The summed E-state index contributed by atoms with van der Waals surface area (Å²) in [7, 11) is 0. The molecule has 1 fully saturated rings. The quantitative estimate of drug-likeness (QED) is 0.870. The number of nitrogens with one attached hydrogen (secondary N) is 1. The molecule has 0 aliphatic heterocycles. The third-order valence-electron chi connectivity index (χ3n) is 3.96. The Hall–Kier alpha value is -1.98. The van der Waals surface area contributed by atoms with Gasteiger partial charge in [0.1, 0.15) is 17.2 Å². The van der Waals surface area contributed by atoms with E-state index in [-0.39, 0.29) is 6.04 Å². The van der Waals surface area contributed by atoms with E-state index in [1.807, 2.05) is 0 Å². The van der Waals surface area contributed by atoms with Gasteiger partial charge < -0.3 is 10.1 Å². The second-order valence-electron chi connectivity index (χ2n) is 5.61. The first kappa shape index (κ1) is 16.4. The molecule has 1 aromatic rings. The van der Waals surface area contributed by atoms with Crippen LogP contribution in [0.3, 0.4) is 0 Å². The second kappa shape index (κ2) is 7.33. The molecule has 1 aliphatic carbocycles. The van der Waals surface area contributed by atoms with Crippen LogP contribution in [0.4, 0.5) is 8.78 Å². The summed E-state index contributed by atoms with van der Waals surface area (Å²) in [6, 6.07) is 3.14. The first-order valence-electron chi connectivity index (χ1n) is 7.39. The highest BCUT2D eigenvalue weighted by molar-refractivity contribution is 5.91. The Morgan fingerprint density at radius 1 is 1.23 bits per heavy atom. The fourth-order valence-corrected chi connectivity index (χ4v) is 2.68. The Kier molecular flexibility index (Phi) is 5.46. The van der Waals surface area contributed by atoms with Crippen molar-refractivity contribution in [3.8, 4) is 0 Å². The predicted octanol–water partition coefficient (Wildman–Crippen LogP) is 2.82. The largest absolute Gasteiger partial charge is 0.452 e. The van der Waals surface area contributed by atoms with Crippen molar-refractivity contribution >= 4 is 11.9 Å². The van der Waals surface area contributed by atoms with Gasteiger partial charge in [0.2, 0.25) is 0 Å². The average molecular weight is 311 g/mol. The molecule has 120 valence electrons. The highest BCUT2D eigenvalue weighted by Gasteiger charge is 2.24. The van der Waals surface area contributed by atoms with Gasteiger partial charge in [-0.2, -0.15) is 0 Å². The van der Waals surface area contributed by atoms with Gasteiger partial charge in [-0.1, -0.05) is 25.8 Å². The van der Waals surface area contributed by atoms with Gasteiger partial charge in [-0.15, -0.1) is 0 Å². The fourth-order valence-electron chi connectivity index (χ4n) is 2.68. The van der Waals surface area contributed by atoms with Crippen LogP contribution in [0, 0.1) is 17.6 Å². The van der Waals surface area contributed by atoms with Crippen LogP contribution in [0.5, 0.6) is 0 Å². The van der Waals surface area contributed by atoms with E-state index in [2.05, 4.69) is 12.2 Å². The number of carbonyl (C=O) groups excluding carboxylic acids is 2. The van der Waals surface area contributed by atoms with Crippen LogP contribution in [-0.2, 0) is 9.53 Å². The molecule has 0 bridgehead atoms. The van der Waals surface area contributed by atoms with Crippen LogP contribution in [-0.4, -0.2) is 24.5 Å². The third kappa shape index (κ3) is 4.02. The van der Waals surface area contributed by atoms with Crippen molar-refractivity contribution in [2.75, 3.05) is 6.61 Å². The molecule has 1 amide bonds. The zero-order valence-corrected chi connectivity index (χ0v) is 12.4. The smallest absolute Gasteiger partial charge is 0.344 e. The van der Waals surface area contributed by atoms with Crippen LogP contribution in [0.1, 0.15) is 43.0 Å². The first-order valence-corrected chi connectivity index (χ1v) is 7.39. The SMILES string of the molecule is C[C@@H]1CCCC[C@@H]1NC(=O)COC(=O)c1c(F)cccc1F. The van der Waals surface area contributed by atoms with Crippen molar-refractivity contribution in [3.63, 3.8) is 0 Å². The lowest BCUT2D eigenvalue weighted by Crippen LogP contribution is -2.42. The van der Waals surface area contributed by atoms with Gasteiger partial charge >= 0.3 is 5.97 Å². The number of halogens is 2. The number of carbonyl (C=O) groups is 2. The molecule has 1 aromatic carbocycles. The fraction of sp³-hybridized carbons (Fsp3) is 0.500. The minimum absolute atomic E-state index is 0.0603. The lowest BCUT2D eigenvalue weighted by atomic mass is 9.86. The molecule has 0 saturated heterocycles. The Morgan fingerprint density at radius 3 is 2.50 bits per heavy atom. The van der Waals surface area contributed by atoms with E-state index in [0.717, 1.165) is 43.9 Å². The summed E-state index contributed by atoms with van der Waals surface area (Å²) in [5.41, 5.74) is -0.777. The molecule has 0 heterocycles. The van der Waals surface area contributed by atoms with E-state index < -0.39 is 35.7 Å². The Bertz CT molecular complexity index is 542. The molecule has 1 aliphatic rings. The molecule has 0 spiro atoms. The minimum atomic E-state index is -1.18. The van der Waals surface area contributed by atoms with Gasteiger partial charge in [-0.05, 0) is 30.9 Å². The van der Waals surface area contributed by atoms with Gasteiger partial charge in [-0.25, -0.2) is 13.6 Å². The van der Waals surface area contributed by atoms with Crippen molar-refractivity contribution in [1.82, 2.24) is 5.32 Å². The summed E-state index contributed by atoms with van der Waals surface area (Å²) in [6.07, 6.45) is 4.14. The van der Waals surface area contributed by atoms with E-state index in [9.17, 15) is 18.4 Å². The van der Waals surface area contributed by atoms with Gasteiger partial charge in [0.05, 0.1) is 0 Å². The monoisotopic (exact) mass is 311 g/mol. The highest BCUT2D eigenvalue weighted by atomic mass is 19.1. The van der Waals surface area contributed by atoms with Crippen LogP contribution >= 0.6 is 0 Å². The molecular formula is C16H19F2NO3. The molecule has 2 atom stereocenters. The standard InChI is InChI=1S/C16H19F2NO3/c1-10-5-2-3-8-13(10)19-14(20)9-22-16(21)15-11(17)6-4-7-12(15)18/h4,6-7,10,13H,2-3,5,8-9H2,1H3,(H,19,20)/t10-,13+/m1/s1. The van der Waals surface area contributed by atoms with Crippen molar-refractivity contribution in [3.05, 3.63) is 35.4 Å². The maximum Gasteiger partial charge on any atom is 0.344 e. The van der Waals surface area contributed by atoms with Crippen molar-refractivity contribution < 1.29 is 23.1 Å². The van der Waals surface area contributed by atoms with E-state index in [1.54, 1.807) is 0 Å². The van der Waals surface area contributed by atoms with E-state index in [4.69, 9.17) is 4.74 Å². The number of ether oxygens (including phenoxy) is 1. The maximum absolute atomic E-state index is 13.4. The van der Waals surface area contributed by atoms with Crippen molar-refractivity contribution in [2.45, 2.75) is 38.6 Å². The zero-order valence-electron chi connectivity index (χ0n) is 12.4. The average Bonchev–Trinajstić information content (AvgIpc) is 2.47. The van der Waals surface area contributed by atoms with Gasteiger partial charge in [0, 0.05) is 6.04 Å². The lowest BCUT2D eigenvalue weighted by Gasteiger charge is -2.29. The third-order valence-corrected chi connectivity index (χ3v) is 3.96. The molecule has 0 aromatic heterocycles. The molecular weight excluding hydrogens is 292 g/mol. The van der Waals surface area contributed by atoms with Gasteiger partial charge in [0.15, 0.2) is 6.61 Å². The maximum atomic E-state index is 13.4. The van der Waals surface area contributed by atoms with E-state index >= 15 is 0 Å². The number of hydrogen-bond donors (Lipinski definition) is 1. The zero-order chi connectivity index (χ0) is 16.1. The molecule has 2 rings (SSSR count). The normalized spacial score (nSPS) is 21.2. The van der Waals surface area contributed by atoms with Crippen LogP contribution in [0.15, 0.2) is 18.2 Å². The number of esters is 1. The second-order valence-corrected chi connectivity index (χ2v) is 5.61. The van der Waals surface area contributed by atoms with Gasteiger partial charge in [0.25, 0.3) is 5.91 Å². The summed E-state index contributed by atoms with van der Waals surface area (Å²) in [5.74, 6) is -3.28. The molecule has 22 heavy (non-hydrogen) atoms. The lowest BCUT2D eigenvalue weighted by molar-refractivity contribution is -0.125. The first-order chi connectivity index (χ1) is 10.5. The molecule has 0 radical (unpaired) electrons. The topological polar surface area (TPSA) is 55.4 Å². The summed E-state index contributed by atoms with van der Waals surface area (Å²) in [6.45, 7) is 1.51. The molecule has 6 heteroatoms. The minimum Gasteiger partial charge on any atom is -0.452 e. The van der Waals surface area contributed by atoms with Crippen LogP contribution in [0.2, 0.25) is 0 Å². The van der Waals surface area contributed by atoms with E-state index in [0.29, 0.717) is 5.92 Å². The number of rotatable bonds is 4. The van der Waals surface area contributed by atoms with Gasteiger partial charge in [-0.3, -0.25) is 4.79 Å². The number of hydrogen-bond acceptors (Lipinski definition) is 3. The number of benzene rings is 1. The molecule has 1 N–H and O–H groups in total. The summed E-state index contributed by atoms with van der Waals surface area (Å²) < 4.78 is 31.5. The highest BCUT2D eigenvalue weighted by Crippen LogP contribution is 2.23. The Morgan fingerprint density at radius 2 is 1.86 bits per heavy atom. The van der Waals surface area contributed by atoms with Crippen LogP contribution in [0.25, 0.3) is 0 Å². The van der Waals surface area contributed by atoms with Crippen molar-refractivity contribution in [2.24, 2.45) is 5.92 Å². The molecule has 0 unspecified atom stereocenters. The van der Waals surface area contributed by atoms with Crippen molar-refractivity contribution in [1.29, 1.82) is 0 Å². The Balaban J connectivity index is 1.87. The molecule has 4 nitrogen and oxygen atoms in total. The molecule has 1 saturated carbocycles. The predicted molar refractivity (Wildman–Crippen MR) is 76.2 cm³/mol. The van der Waals surface area contributed by atoms with Crippen LogP contribution < -0.4 is 5.32 Å². The number of amides is 1. The van der Waals surface area contributed by atoms with E-state index in [1.165, 1.54) is 0 Å². The summed E-state index contributed by atoms with van der Waals surface area (Å²) in [5, 5.41) is 2.80. The Labute approximate surface area is 127 Å².